The summed E-state index contributed by atoms with van der Waals surface area (Å²) in [6.45, 7) is 2.17. The van der Waals surface area contributed by atoms with Gasteiger partial charge in [0, 0.05) is 13.1 Å². The van der Waals surface area contributed by atoms with Gasteiger partial charge in [0.05, 0.1) is 6.54 Å². The van der Waals surface area contributed by atoms with Gasteiger partial charge < -0.3 is 23.0 Å². The minimum Gasteiger partial charge on any atom is -1.00 e. The van der Waals surface area contributed by atoms with Crippen LogP contribution in [0.25, 0.3) is 0 Å². The van der Waals surface area contributed by atoms with Gasteiger partial charge in [0.15, 0.2) is 0 Å². The van der Waals surface area contributed by atoms with E-state index >= 15 is 0 Å². The van der Waals surface area contributed by atoms with E-state index in [0.717, 1.165) is 13.1 Å². The first-order valence-electron chi connectivity index (χ1n) is 2.37. The highest BCUT2D eigenvalue weighted by molar-refractivity contribution is 5.78. The van der Waals surface area contributed by atoms with E-state index in [1.807, 2.05) is 0 Å². The fraction of sp³-hybridized carbons (Fsp3) is 0.750. The molecule has 2 N–H and O–H groups in total. The van der Waals surface area contributed by atoms with Gasteiger partial charge in [0.2, 0.25) is 5.91 Å². The number of piperazine rings is 1. The van der Waals surface area contributed by atoms with Gasteiger partial charge in [0.25, 0.3) is 0 Å². The summed E-state index contributed by atoms with van der Waals surface area (Å²) < 4.78 is 0. The molecule has 1 rings (SSSR count). The molecule has 0 spiro atoms. The molecule has 0 aromatic carbocycles. The number of carbonyl (C=O) groups is 1. The van der Waals surface area contributed by atoms with Crippen molar-refractivity contribution in [1.82, 2.24) is 10.6 Å². The van der Waals surface area contributed by atoms with Crippen molar-refractivity contribution in [1.29, 1.82) is 0 Å². The second kappa shape index (κ2) is 3.69. The smallest absolute Gasteiger partial charge is 0.234 e. The van der Waals surface area contributed by atoms with Crippen molar-refractivity contribution in [3.05, 3.63) is 0 Å². The third-order valence-electron chi connectivity index (χ3n) is 0.910. The van der Waals surface area contributed by atoms with Gasteiger partial charge in [-0.15, -0.1) is 0 Å². The zero-order valence-corrected chi connectivity index (χ0v) is 5.16. The molecule has 3 nitrogen and oxygen atoms in total. The Labute approximate surface area is 54.2 Å². The lowest BCUT2D eigenvalue weighted by molar-refractivity contribution is -0.121. The van der Waals surface area contributed by atoms with Gasteiger partial charge in [-0.25, -0.2) is 0 Å². The zero-order valence-electron chi connectivity index (χ0n) is 4.41. The van der Waals surface area contributed by atoms with Gasteiger partial charge in [-0.2, -0.15) is 0 Å². The average Bonchev–Trinajstić information content (AvgIpc) is 1.69. The second-order valence-corrected chi connectivity index (χ2v) is 1.53. The maximum absolute atomic E-state index is 10.3. The fourth-order valence-electron chi connectivity index (χ4n) is 0.555. The highest BCUT2D eigenvalue weighted by Gasteiger charge is 2.02. The molecule has 1 saturated heterocycles. The SMILES string of the molecule is O=C1CNCCN1.[Cl-]. The number of nitrogens with one attached hydrogen (secondary N) is 2. The van der Waals surface area contributed by atoms with Crippen LogP contribution in [0.3, 0.4) is 0 Å². The van der Waals surface area contributed by atoms with Crippen LogP contribution in [0.1, 0.15) is 0 Å². The van der Waals surface area contributed by atoms with E-state index in [4.69, 9.17) is 0 Å². The first-order valence-corrected chi connectivity index (χ1v) is 2.37. The third kappa shape index (κ3) is 2.14. The van der Waals surface area contributed by atoms with Crippen molar-refractivity contribution < 1.29 is 17.2 Å². The Kier molecular flexibility index (Phi) is 3.56. The summed E-state index contributed by atoms with van der Waals surface area (Å²) in [7, 11) is 0. The van der Waals surface area contributed by atoms with E-state index in [9.17, 15) is 4.79 Å². The molecule has 0 bridgehead atoms. The van der Waals surface area contributed by atoms with Crippen molar-refractivity contribution in [2.24, 2.45) is 0 Å². The molecule has 1 amide bonds. The van der Waals surface area contributed by atoms with Crippen LogP contribution in [-0.2, 0) is 4.79 Å². The number of hydrogen-bond donors (Lipinski definition) is 2. The number of carbonyl (C=O) groups excluding carboxylic acids is 1. The van der Waals surface area contributed by atoms with Crippen LogP contribution in [0.4, 0.5) is 0 Å². The van der Waals surface area contributed by atoms with Crippen LogP contribution in [0.15, 0.2) is 0 Å². The molecule has 48 valence electrons. The standard InChI is InChI=1S/C4H8N2O.ClH/c7-4-3-5-1-2-6-4;/h5H,1-3H2,(H,6,7);1H/p-1. The van der Waals surface area contributed by atoms with Crippen molar-refractivity contribution in [2.45, 2.75) is 0 Å². The summed E-state index contributed by atoms with van der Waals surface area (Å²) in [5.41, 5.74) is 0. The molecule has 0 saturated carbocycles. The molecule has 0 aromatic rings. The van der Waals surface area contributed by atoms with Crippen LogP contribution in [0, 0.1) is 0 Å². The van der Waals surface area contributed by atoms with Crippen LogP contribution in [-0.4, -0.2) is 25.5 Å². The molecular weight excluding hydrogens is 128 g/mol. The lowest BCUT2D eigenvalue weighted by Gasteiger charge is -2.11. The molecule has 1 fully saturated rings. The molecule has 0 atom stereocenters. The van der Waals surface area contributed by atoms with Gasteiger partial charge in [-0.05, 0) is 0 Å². The molecule has 0 aromatic heterocycles. The third-order valence-corrected chi connectivity index (χ3v) is 0.910. The average molecular weight is 136 g/mol. The minimum absolute atomic E-state index is 0. The molecule has 0 radical (unpaired) electrons. The Morgan fingerprint density at radius 1 is 1.38 bits per heavy atom. The van der Waals surface area contributed by atoms with E-state index < -0.39 is 0 Å². The number of rotatable bonds is 0. The normalized spacial score (nSPS) is 18.8. The number of hydrogen-bond acceptors (Lipinski definition) is 2. The van der Waals surface area contributed by atoms with E-state index in [1.165, 1.54) is 0 Å². The Bertz CT molecular complexity index is 78.1. The Balaban J connectivity index is 0.000000490. The summed E-state index contributed by atoms with van der Waals surface area (Å²) in [6, 6.07) is 0. The lowest BCUT2D eigenvalue weighted by atomic mass is 10.4. The maximum atomic E-state index is 10.3. The predicted octanol–water partition coefficient (Wildman–Crippen LogP) is -4.29. The first kappa shape index (κ1) is 7.72. The molecule has 0 unspecified atom stereocenters. The quantitative estimate of drug-likeness (QED) is 0.353. The van der Waals surface area contributed by atoms with Crippen molar-refractivity contribution in [3.63, 3.8) is 0 Å². The summed E-state index contributed by atoms with van der Waals surface area (Å²) >= 11 is 0. The highest BCUT2D eigenvalue weighted by atomic mass is 35.5. The molecule has 8 heavy (non-hydrogen) atoms. The maximum Gasteiger partial charge on any atom is 0.234 e. The summed E-state index contributed by atoms with van der Waals surface area (Å²) in [4.78, 5) is 10.3. The molecule has 4 heteroatoms. The van der Waals surface area contributed by atoms with Crippen molar-refractivity contribution >= 4 is 5.91 Å². The van der Waals surface area contributed by atoms with Gasteiger partial charge >= 0.3 is 0 Å². The first-order chi connectivity index (χ1) is 3.39. The zero-order chi connectivity index (χ0) is 5.11. The molecule has 1 aliphatic rings. The van der Waals surface area contributed by atoms with Crippen molar-refractivity contribution in [3.8, 4) is 0 Å². The lowest BCUT2D eigenvalue weighted by Crippen LogP contribution is -3.00. The summed E-state index contributed by atoms with van der Waals surface area (Å²) in [5.74, 6) is 0.103. The van der Waals surface area contributed by atoms with Crippen molar-refractivity contribution in [2.75, 3.05) is 19.6 Å². The fourth-order valence-corrected chi connectivity index (χ4v) is 0.555. The topological polar surface area (TPSA) is 41.1 Å². The number of amides is 1. The van der Waals surface area contributed by atoms with Gasteiger partial charge in [0.1, 0.15) is 0 Å². The van der Waals surface area contributed by atoms with Crippen LogP contribution in [0.5, 0.6) is 0 Å². The summed E-state index contributed by atoms with van der Waals surface area (Å²) in [6.07, 6.45) is 0. The molecule has 1 heterocycles. The molecular formula is C4H8ClN2O-. The minimum atomic E-state index is 0. The van der Waals surface area contributed by atoms with Crippen LogP contribution >= 0.6 is 0 Å². The van der Waals surface area contributed by atoms with Crippen LogP contribution in [0.2, 0.25) is 0 Å². The van der Waals surface area contributed by atoms with E-state index in [1.54, 1.807) is 0 Å². The largest absolute Gasteiger partial charge is 1.00 e. The summed E-state index contributed by atoms with van der Waals surface area (Å²) in [5, 5.41) is 5.60. The Morgan fingerprint density at radius 2 is 2.12 bits per heavy atom. The predicted molar refractivity (Wildman–Crippen MR) is 25.9 cm³/mol. The number of halogens is 1. The Hall–Kier alpha value is -0.280. The van der Waals surface area contributed by atoms with Gasteiger partial charge in [-0.1, -0.05) is 0 Å². The van der Waals surface area contributed by atoms with E-state index in [0.29, 0.717) is 6.54 Å². The Morgan fingerprint density at radius 3 is 2.38 bits per heavy atom. The second-order valence-electron chi connectivity index (χ2n) is 1.53. The van der Waals surface area contributed by atoms with E-state index in [-0.39, 0.29) is 18.3 Å². The highest BCUT2D eigenvalue weighted by Crippen LogP contribution is 1.69. The van der Waals surface area contributed by atoms with E-state index in [2.05, 4.69) is 10.6 Å². The monoisotopic (exact) mass is 135 g/mol. The van der Waals surface area contributed by atoms with Gasteiger partial charge in [-0.3, -0.25) is 4.79 Å². The molecule has 0 aliphatic carbocycles. The van der Waals surface area contributed by atoms with Crippen LogP contribution < -0.4 is 23.0 Å². The molecule has 1 aliphatic heterocycles.